The van der Waals surface area contributed by atoms with Crippen LogP contribution in [0.15, 0.2) is 42.5 Å². The Morgan fingerprint density at radius 2 is 1.86 bits per heavy atom. The van der Waals surface area contributed by atoms with Gasteiger partial charge in [-0.3, -0.25) is 10.1 Å². The number of aryl methyl sites for hydroxylation is 2. The van der Waals surface area contributed by atoms with E-state index in [1.165, 1.54) is 12.1 Å². The summed E-state index contributed by atoms with van der Waals surface area (Å²) in [5.74, 6) is -0.244. The summed E-state index contributed by atoms with van der Waals surface area (Å²) in [6.07, 6.45) is 0.554. The van der Waals surface area contributed by atoms with E-state index in [4.69, 9.17) is 0 Å². The smallest absolute Gasteiger partial charge is 0.258 e. The van der Waals surface area contributed by atoms with Crippen molar-refractivity contribution in [2.45, 2.75) is 26.2 Å². The van der Waals surface area contributed by atoms with Gasteiger partial charge in [-0.25, -0.2) is 0 Å². The molecule has 106 valence electrons. The van der Waals surface area contributed by atoms with Crippen molar-refractivity contribution in [1.82, 2.24) is 0 Å². The number of nitro benzene ring substituents is 1. The van der Waals surface area contributed by atoms with Gasteiger partial charge in [0.25, 0.3) is 5.69 Å². The number of nitro groups is 1. The zero-order valence-corrected chi connectivity index (χ0v) is 12.0. The van der Waals surface area contributed by atoms with Crippen molar-refractivity contribution < 1.29 is 4.92 Å². The van der Waals surface area contributed by atoms with Crippen LogP contribution in [-0.2, 0) is 6.42 Å². The van der Waals surface area contributed by atoms with E-state index in [0.29, 0.717) is 6.42 Å². The average Bonchev–Trinajstić information content (AvgIpc) is 2.48. The molecule has 2 aromatic rings. The Balaban J connectivity index is 2.25. The largest absolute Gasteiger partial charge is 0.269 e. The van der Waals surface area contributed by atoms with Gasteiger partial charge in [0.2, 0.25) is 0 Å². The maximum absolute atomic E-state index is 10.6. The summed E-state index contributed by atoms with van der Waals surface area (Å²) < 4.78 is 0. The van der Waals surface area contributed by atoms with Crippen molar-refractivity contribution in [2.75, 3.05) is 0 Å². The first-order valence-corrected chi connectivity index (χ1v) is 6.71. The number of hydrogen-bond acceptors (Lipinski definition) is 3. The van der Waals surface area contributed by atoms with Gasteiger partial charge >= 0.3 is 0 Å². The van der Waals surface area contributed by atoms with Gasteiger partial charge in [-0.2, -0.15) is 5.26 Å². The lowest BCUT2D eigenvalue weighted by Crippen LogP contribution is -2.03. The van der Waals surface area contributed by atoms with Crippen LogP contribution in [0, 0.1) is 35.3 Å². The highest BCUT2D eigenvalue weighted by molar-refractivity contribution is 5.39. The fourth-order valence-electron chi connectivity index (χ4n) is 2.35. The third-order valence-electron chi connectivity index (χ3n) is 3.55. The lowest BCUT2D eigenvalue weighted by Gasteiger charge is -2.13. The van der Waals surface area contributed by atoms with Gasteiger partial charge in [-0.1, -0.05) is 35.9 Å². The van der Waals surface area contributed by atoms with Crippen LogP contribution in [0.1, 0.15) is 28.2 Å². The SMILES string of the molecule is Cc1ccc(C)c(C(C#N)Cc2ccc([N+](=O)[O-])cc2)c1. The first-order valence-electron chi connectivity index (χ1n) is 6.71. The molecule has 2 aromatic carbocycles. The molecule has 0 aliphatic heterocycles. The molecule has 0 aromatic heterocycles. The third-order valence-corrected chi connectivity index (χ3v) is 3.55. The first kappa shape index (κ1) is 14.7. The molecule has 0 spiro atoms. The van der Waals surface area contributed by atoms with Crippen LogP contribution in [-0.4, -0.2) is 4.92 Å². The number of nitrogens with zero attached hydrogens (tertiary/aromatic N) is 2. The van der Waals surface area contributed by atoms with Crippen molar-refractivity contribution in [3.05, 3.63) is 74.8 Å². The van der Waals surface area contributed by atoms with E-state index in [2.05, 4.69) is 6.07 Å². The van der Waals surface area contributed by atoms with E-state index >= 15 is 0 Å². The summed E-state index contributed by atoms with van der Waals surface area (Å²) in [6, 6.07) is 14.8. The topological polar surface area (TPSA) is 66.9 Å². The fourth-order valence-corrected chi connectivity index (χ4v) is 2.35. The summed E-state index contributed by atoms with van der Waals surface area (Å²) in [4.78, 5) is 10.2. The van der Waals surface area contributed by atoms with E-state index in [1.54, 1.807) is 12.1 Å². The standard InChI is InChI=1S/C17H16N2O2/c1-12-3-4-13(2)17(9-12)15(11-18)10-14-5-7-16(8-6-14)19(20)21/h3-9,15H,10H2,1-2H3. The lowest BCUT2D eigenvalue weighted by molar-refractivity contribution is -0.384. The summed E-state index contributed by atoms with van der Waals surface area (Å²) in [5, 5.41) is 20.1. The second kappa shape index (κ2) is 6.19. The van der Waals surface area contributed by atoms with Crippen LogP contribution in [0.5, 0.6) is 0 Å². The number of benzene rings is 2. The number of non-ortho nitro benzene ring substituents is 1. The fraction of sp³-hybridized carbons (Fsp3) is 0.235. The predicted octanol–water partition coefficient (Wildman–Crippen LogP) is 4.06. The Bertz CT molecular complexity index is 700. The second-order valence-corrected chi connectivity index (χ2v) is 5.17. The predicted molar refractivity (Wildman–Crippen MR) is 81.1 cm³/mol. The molecular weight excluding hydrogens is 264 g/mol. The van der Waals surface area contributed by atoms with Crippen molar-refractivity contribution in [3.8, 4) is 6.07 Å². The van der Waals surface area contributed by atoms with Crippen LogP contribution in [0.4, 0.5) is 5.69 Å². The molecule has 1 unspecified atom stereocenters. The molecule has 0 N–H and O–H groups in total. The Morgan fingerprint density at radius 1 is 1.19 bits per heavy atom. The molecule has 4 heteroatoms. The first-order chi connectivity index (χ1) is 10.0. The molecule has 0 aliphatic carbocycles. The van der Waals surface area contributed by atoms with Gasteiger partial charge in [0, 0.05) is 12.1 Å². The highest BCUT2D eigenvalue weighted by atomic mass is 16.6. The van der Waals surface area contributed by atoms with Crippen LogP contribution in [0.3, 0.4) is 0 Å². The van der Waals surface area contributed by atoms with E-state index in [1.807, 2.05) is 32.0 Å². The molecule has 2 rings (SSSR count). The van der Waals surface area contributed by atoms with Gasteiger partial charge in [0.05, 0.1) is 16.9 Å². The van der Waals surface area contributed by atoms with Gasteiger partial charge in [0.15, 0.2) is 0 Å². The number of hydrogen-bond donors (Lipinski definition) is 0. The van der Waals surface area contributed by atoms with Gasteiger partial charge in [0.1, 0.15) is 0 Å². The maximum atomic E-state index is 10.6. The van der Waals surface area contributed by atoms with E-state index < -0.39 is 4.92 Å². The molecule has 0 heterocycles. The molecule has 21 heavy (non-hydrogen) atoms. The summed E-state index contributed by atoms with van der Waals surface area (Å²) in [6.45, 7) is 4.00. The van der Waals surface area contributed by atoms with Crippen LogP contribution >= 0.6 is 0 Å². The monoisotopic (exact) mass is 280 g/mol. The minimum atomic E-state index is -0.420. The Hall–Kier alpha value is -2.67. The minimum absolute atomic E-state index is 0.0685. The van der Waals surface area contributed by atoms with Gasteiger partial charge in [-0.15, -0.1) is 0 Å². The maximum Gasteiger partial charge on any atom is 0.269 e. The highest BCUT2D eigenvalue weighted by Gasteiger charge is 2.15. The van der Waals surface area contributed by atoms with Crippen LogP contribution in [0.25, 0.3) is 0 Å². The van der Waals surface area contributed by atoms with E-state index in [0.717, 1.165) is 22.3 Å². The molecule has 0 radical (unpaired) electrons. The normalized spacial score (nSPS) is 11.7. The molecule has 0 amide bonds. The summed E-state index contributed by atoms with van der Waals surface area (Å²) in [5.41, 5.74) is 4.23. The third kappa shape index (κ3) is 3.46. The molecule has 1 atom stereocenters. The van der Waals surface area contributed by atoms with Crippen molar-refractivity contribution in [1.29, 1.82) is 5.26 Å². The number of nitriles is 1. The molecular formula is C17H16N2O2. The average molecular weight is 280 g/mol. The quantitative estimate of drug-likeness (QED) is 0.626. The van der Waals surface area contributed by atoms with Crippen molar-refractivity contribution in [3.63, 3.8) is 0 Å². The zero-order valence-electron chi connectivity index (χ0n) is 12.0. The molecule has 0 saturated heterocycles. The highest BCUT2D eigenvalue weighted by Crippen LogP contribution is 2.25. The second-order valence-electron chi connectivity index (χ2n) is 5.17. The number of rotatable bonds is 4. The Kier molecular flexibility index (Phi) is 4.34. The molecule has 0 saturated carbocycles. The summed E-state index contributed by atoms with van der Waals surface area (Å²) >= 11 is 0. The molecule has 0 fully saturated rings. The van der Waals surface area contributed by atoms with Crippen molar-refractivity contribution >= 4 is 5.69 Å². The Labute approximate surface area is 123 Å². The van der Waals surface area contributed by atoms with Gasteiger partial charge < -0.3 is 0 Å². The van der Waals surface area contributed by atoms with Crippen LogP contribution in [0.2, 0.25) is 0 Å². The van der Waals surface area contributed by atoms with E-state index in [9.17, 15) is 15.4 Å². The molecule has 0 aliphatic rings. The van der Waals surface area contributed by atoms with E-state index in [-0.39, 0.29) is 11.6 Å². The minimum Gasteiger partial charge on any atom is -0.258 e. The Morgan fingerprint density at radius 3 is 2.43 bits per heavy atom. The zero-order chi connectivity index (χ0) is 15.4. The van der Waals surface area contributed by atoms with Gasteiger partial charge in [-0.05, 0) is 37.0 Å². The van der Waals surface area contributed by atoms with Crippen molar-refractivity contribution in [2.24, 2.45) is 0 Å². The summed E-state index contributed by atoms with van der Waals surface area (Å²) in [7, 11) is 0. The molecule has 4 nitrogen and oxygen atoms in total. The lowest BCUT2D eigenvalue weighted by atomic mass is 9.89. The molecule has 0 bridgehead atoms. The van der Waals surface area contributed by atoms with Crippen LogP contribution < -0.4 is 0 Å².